The molecule has 1 aromatic rings. The topological polar surface area (TPSA) is 24.1 Å². The molecule has 15 heavy (non-hydrogen) atoms. The predicted molar refractivity (Wildman–Crippen MR) is 67.8 cm³/mol. The van der Waals surface area contributed by atoms with Gasteiger partial charge < -0.3 is 10.6 Å². The first-order valence-corrected chi connectivity index (χ1v) is 6.73. The van der Waals surface area contributed by atoms with E-state index in [2.05, 4.69) is 29.0 Å². The summed E-state index contributed by atoms with van der Waals surface area (Å²) in [6.45, 7) is 5.72. The van der Waals surface area contributed by atoms with Crippen LogP contribution in [0.25, 0.3) is 0 Å². The number of rotatable bonds is 4. The van der Waals surface area contributed by atoms with Crippen molar-refractivity contribution in [3.63, 3.8) is 0 Å². The molecular formula is C12H20N2S. The largest absolute Gasteiger partial charge is 0.377 e. The van der Waals surface area contributed by atoms with E-state index in [0.717, 1.165) is 12.5 Å². The van der Waals surface area contributed by atoms with Crippen LogP contribution in [0.4, 0.5) is 5.00 Å². The molecule has 0 aromatic carbocycles. The highest BCUT2D eigenvalue weighted by Crippen LogP contribution is 2.22. The van der Waals surface area contributed by atoms with Gasteiger partial charge in [-0.2, -0.15) is 0 Å². The van der Waals surface area contributed by atoms with Gasteiger partial charge in [0.05, 0.1) is 5.00 Å². The number of thiophene rings is 1. The van der Waals surface area contributed by atoms with E-state index < -0.39 is 0 Å². The van der Waals surface area contributed by atoms with E-state index in [0.29, 0.717) is 0 Å². The Morgan fingerprint density at radius 3 is 2.93 bits per heavy atom. The Hall–Kier alpha value is -0.540. The van der Waals surface area contributed by atoms with E-state index in [-0.39, 0.29) is 0 Å². The van der Waals surface area contributed by atoms with Gasteiger partial charge >= 0.3 is 0 Å². The van der Waals surface area contributed by atoms with E-state index in [9.17, 15) is 0 Å². The molecule has 0 bridgehead atoms. The Balaban J connectivity index is 1.68. The van der Waals surface area contributed by atoms with Gasteiger partial charge in [-0.3, -0.25) is 0 Å². The molecule has 1 aliphatic heterocycles. The standard InChI is InChI=1S/C12H20N2S/c1-10-5-9-15-12(10)14-8-4-11-2-6-13-7-3-11/h5,9,11,13-14H,2-4,6-8H2,1H3. The van der Waals surface area contributed by atoms with Crippen molar-refractivity contribution in [1.29, 1.82) is 0 Å². The summed E-state index contributed by atoms with van der Waals surface area (Å²) in [5.74, 6) is 0.930. The molecule has 2 rings (SSSR count). The third-order valence-corrected chi connectivity index (χ3v) is 4.13. The van der Waals surface area contributed by atoms with Gasteiger partial charge in [0, 0.05) is 6.54 Å². The lowest BCUT2D eigenvalue weighted by molar-refractivity contribution is 0.361. The fraction of sp³-hybridized carbons (Fsp3) is 0.667. The van der Waals surface area contributed by atoms with E-state index in [1.165, 1.54) is 42.9 Å². The zero-order chi connectivity index (χ0) is 10.5. The summed E-state index contributed by atoms with van der Waals surface area (Å²) in [7, 11) is 0. The van der Waals surface area contributed by atoms with Crippen LogP contribution in [0.15, 0.2) is 11.4 Å². The van der Waals surface area contributed by atoms with Crippen molar-refractivity contribution in [2.45, 2.75) is 26.2 Å². The highest BCUT2D eigenvalue weighted by molar-refractivity contribution is 7.14. The number of aryl methyl sites for hydroxylation is 1. The lowest BCUT2D eigenvalue weighted by Gasteiger charge is -2.22. The summed E-state index contributed by atoms with van der Waals surface area (Å²) in [6, 6.07) is 2.18. The maximum atomic E-state index is 3.54. The molecule has 1 aromatic heterocycles. The van der Waals surface area contributed by atoms with Crippen molar-refractivity contribution in [1.82, 2.24) is 5.32 Å². The monoisotopic (exact) mass is 224 g/mol. The third kappa shape index (κ3) is 3.21. The molecule has 3 heteroatoms. The maximum absolute atomic E-state index is 3.54. The van der Waals surface area contributed by atoms with Crippen LogP contribution < -0.4 is 10.6 Å². The van der Waals surface area contributed by atoms with Crippen molar-refractivity contribution >= 4 is 16.3 Å². The first-order valence-electron chi connectivity index (χ1n) is 5.85. The summed E-state index contributed by atoms with van der Waals surface area (Å²) in [6.07, 6.45) is 4.02. The van der Waals surface area contributed by atoms with E-state index in [1.807, 2.05) is 11.3 Å². The molecule has 2 nitrogen and oxygen atoms in total. The first-order chi connectivity index (χ1) is 7.36. The summed E-state index contributed by atoms with van der Waals surface area (Å²) in [5, 5.41) is 10.5. The molecular weight excluding hydrogens is 204 g/mol. The molecule has 0 spiro atoms. The van der Waals surface area contributed by atoms with Crippen LogP contribution in [-0.2, 0) is 0 Å². The Labute approximate surface area is 96.1 Å². The van der Waals surface area contributed by atoms with Crippen LogP contribution in [0.3, 0.4) is 0 Å². The Morgan fingerprint density at radius 1 is 1.47 bits per heavy atom. The van der Waals surface area contributed by atoms with Gasteiger partial charge in [0.1, 0.15) is 0 Å². The minimum absolute atomic E-state index is 0.930. The SMILES string of the molecule is Cc1ccsc1NCCC1CCNCC1. The molecule has 84 valence electrons. The van der Waals surface area contributed by atoms with E-state index in [4.69, 9.17) is 0 Å². The number of hydrogen-bond donors (Lipinski definition) is 2. The Bertz CT molecular complexity index is 290. The quantitative estimate of drug-likeness (QED) is 0.822. The number of piperidine rings is 1. The van der Waals surface area contributed by atoms with Crippen LogP contribution in [0, 0.1) is 12.8 Å². The second-order valence-corrected chi connectivity index (χ2v) is 5.26. The van der Waals surface area contributed by atoms with Gasteiger partial charge in [-0.15, -0.1) is 11.3 Å². The first kappa shape index (κ1) is 11.0. The van der Waals surface area contributed by atoms with Crippen LogP contribution in [0.5, 0.6) is 0 Å². The van der Waals surface area contributed by atoms with Crippen molar-refractivity contribution in [2.24, 2.45) is 5.92 Å². The van der Waals surface area contributed by atoms with Gasteiger partial charge in [-0.1, -0.05) is 0 Å². The van der Waals surface area contributed by atoms with Crippen LogP contribution in [-0.4, -0.2) is 19.6 Å². The lowest BCUT2D eigenvalue weighted by atomic mass is 9.95. The number of hydrogen-bond acceptors (Lipinski definition) is 3. The molecule has 0 aliphatic carbocycles. The van der Waals surface area contributed by atoms with Gasteiger partial charge in [0.2, 0.25) is 0 Å². The van der Waals surface area contributed by atoms with Gasteiger partial charge in [0.15, 0.2) is 0 Å². The Morgan fingerprint density at radius 2 is 2.27 bits per heavy atom. The highest BCUT2D eigenvalue weighted by atomic mass is 32.1. The van der Waals surface area contributed by atoms with Crippen molar-refractivity contribution in [2.75, 3.05) is 25.0 Å². The zero-order valence-electron chi connectivity index (χ0n) is 9.38. The van der Waals surface area contributed by atoms with E-state index >= 15 is 0 Å². The molecule has 1 aliphatic rings. The summed E-state index contributed by atoms with van der Waals surface area (Å²) >= 11 is 1.81. The van der Waals surface area contributed by atoms with Crippen LogP contribution in [0.2, 0.25) is 0 Å². The second kappa shape index (κ2) is 5.52. The van der Waals surface area contributed by atoms with Crippen molar-refractivity contribution < 1.29 is 0 Å². The molecule has 0 amide bonds. The van der Waals surface area contributed by atoms with Crippen molar-refractivity contribution in [3.05, 3.63) is 17.0 Å². The summed E-state index contributed by atoms with van der Waals surface area (Å²) < 4.78 is 0. The molecule has 0 radical (unpaired) electrons. The van der Waals surface area contributed by atoms with Crippen LogP contribution >= 0.6 is 11.3 Å². The van der Waals surface area contributed by atoms with Gasteiger partial charge in [-0.25, -0.2) is 0 Å². The average Bonchev–Trinajstić information content (AvgIpc) is 2.66. The van der Waals surface area contributed by atoms with Gasteiger partial charge in [0.25, 0.3) is 0 Å². The molecule has 1 fully saturated rings. The Kier molecular flexibility index (Phi) is 4.03. The van der Waals surface area contributed by atoms with E-state index in [1.54, 1.807) is 0 Å². The lowest BCUT2D eigenvalue weighted by Crippen LogP contribution is -2.28. The predicted octanol–water partition coefficient (Wildman–Crippen LogP) is 2.86. The molecule has 2 N–H and O–H groups in total. The average molecular weight is 224 g/mol. The smallest absolute Gasteiger partial charge is 0.0912 e. The molecule has 0 saturated carbocycles. The second-order valence-electron chi connectivity index (χ2n) is 4.34. The third-order valence-electron chi connectivity index (χ3n) is 3.16. The maximum Gasteiger partial charge on any atom is 0.0912 e. The summed E-state index contributed by atoms with van der Waals surface area (Å²) in [4.78, 5) is 0. The number of anilines is 1. The highest BCUT2D eigenvalue weighted by Gasteiger charge is 2.12. The molecule has 0 atom stereocenters. The minimum atomic E-state index is 0.930. The van der Waals surface area contributed by atoms with Crippen LogP contribution in [0.1, 0.15) is 24.8 Å². The molecule has 2 heterocycles. The van der Waals surface area contributed by atoms with Gasteiger partial charge in [-0.05, 0) is 62.2 Å². The molecule has 0 unspecified atom stereocenters. The summed E-state index contributed by atoms with van der Waals surface area (Å²) in [5.41, 5.74) is 1.38. The number of nitrogens with one attached hydrogen (secondary N) is 2. The molecule has 1 saturated heterocycles. The fourth-order valence-corrected chi connectivity index (χ4v) is 2.96. The minimum Gasteiger partial charge on any atom is -0.377 e. The normalized spacial score (nSPS) is 17.9. The fourth-order valence-electron chi connectivity index (χ4n) is 2.11. The van der Waals surface area contributed by atoms with Crippen molar-refractivity contribution in [3.8, 4) is 0 Å². The zero-order valence-corrected chi connectivity index (χ0v) is 10.2.